The number of amides is 2. The maximum Gasteiger partial charge on any atom is 0.271 e. The van der Waals surface area contributed by atoms with Crippen LogP contribution in [0.15, 0.2) is 35.7 Å². The van der Waals surface area contributed by atoms with E-state index < -0.39 is 0 Å². The first-order chi connectivity index (χ1) is 13.5. The zero-order chi connectivity index (χ0) is 19.9. The average Bonchev–Trinajstić information content (AvgIpc) is 3.18. The summed E-state index contributed by atoms with van der Waals surface area (Å²) in [6.07, 6.45) is 3.86. The highest BCUT2D eigenvalue weighted by atomic mass is 32.1. The smallest absolute Gasteiger partial charge is 0.271 e. The third kappa shape index (κ3) is 5.55. The fourth-order valence-electron chi connectivity index (χ4n) is 3.21. The molecule has 1 saturated carbocycles. The molecule has 0 aliphatic heterocycles. The SMILES string of the molecule is CC(C)C(=O)NC1CCCCC1NC(=O)c1csc(COc2ccccc2)n1. The zero-order valence-electron chi connectivity index (χ0n) is 16.3. The van der Waals surface area contributed by atoms with Crippen molar-refractivity contribution in [1.29, 1.82) is 0 Å². The first-order valence-electron chi connectivity index (χ1n) is 9.76. The number of hydrogen-bond acceptors (Lipinski definition) is 5. The van der Waals surface area contributed by atoms with Crippen LogP contribution >= 0.6 is 11.3 Å². The molecular formula is C21H27N3O3S. The molecule has 0 spiro atoms. The molecule has 0 radical (unpaired) electrons. The van der Waals surface area contributed by atoms with Gasteiger partial charge in [0, 0.05) is 23.4 Å². The summed E-state index contributed by atoms with van der Waals surface area (Å²) in [5, 5.41) is 8.65. The number of nitrogens with zero attached hydrogens (tertiary/aromatic N) is 1. The first kappa shape index (κ1) is 20.3. The van der Waals surface area contributed by atoms with Gasteiger partial charge in [0.05, 0.1) is 0 Å². The highest BCUT2D eigenvalue weighted by Crippen LogP contribution is 2.20. The molecule has 3 rings (SSSR count). The lowest BCUT2D eigenvalue weighted by atomic mass is 9.89. The number of carbonyl (C=O) groups is 2. The number of ether oxygens (including phenoxy) is 1. The van der Waals surface area contributed by atoms with Crippen LogP contribution in [0.5, 0.6) is 5.75 Å². The summed E-state index contributed by atoms with van der Waals surface area (Å²) in [5.41, 5.74) is 0.399. The van der Waals surface area contributed by atoms with E-state index >= 15 is 0 Å². The second kappa shape index (κ2) is 9.68. The summed E-state index contributed by atoms with van der Waals surface area (Å²) in [6.45, 7) is 4.08. The van der Waals surface area contributed by atoms with E-state index in [1.165, 1.54) is 11.3 Å². The molecule has 2 N–H and O–H groups in total. The minimum atomic E-state index is -0.196. The Kier molecular flexibility index (Phi) is 7.03. The summed E-state index contributed by atoms with van der Waals surface area (Å²) >= 11 is 1.41. The second-order valence-corrected chi connectivity index (χ2v) is 8.31. The summed E-state index contributed by atoms with van der Waals surface area (Å²) in [4.78, 5) is 29.1. The Morgan fingerprint density at radius 3 is 2.50 bits per heavy atom. The molecular weight excluding hydrogens is 374 g/mol. The van der Waals surface area contributed by atoms with E-state index in [0.29, 0.717) is 12.3 Å². The maximum atomic E-state index is 12.6. The zero-order valence-corrected chi connectivity index (χ0v) is 17.1. The van der Waals surface area contributed by atoms with Crippen LogP contribution in [0, 0.1) is 5.92 Å². The van der Waals surface area contributed by atoms with Crippen molar-refractivity contribution in [2.24, 2.45) is 5.92 Å². The summed E-state index contributed by atoms with van der Waals surface area (Å²) < 4.78 is 5.69. The van der Waals surface area contributed by atoms with Crippen LogP contribution < -0.4 is 15.4 Å². The molecule has 1 fully saturated rings. The Bertz CT molecular complexity index is 791. The van der Waals surface area contributed by atoms with Crippen LogP contribution in [-0.4, -0.2) is 28.9 Å². The molecule has 1 aliphatic carbocycles. The van der Waals surface area contributed by atoms with Gasteiger partial charge in [-0.1, -0.05) is 44.9 Å². The quantitative estimate of drug-likeness (QED) is 0.744. The molecule has 1 aromatic carbocycles. The predicted octanol–water partition coefficient (Wildman–Crippen LogP) is 3.54. The van der Waals surface area contributed by atoms with Gasteiger partial charge in [0.25, 0.3) is 5.91 Å². The topological polar surface area (TPSA) is 80.3 Å². The van der Waals surface area contributed by atoms with E-state index in [2.05, 4.69) is 15.6 Å². The highest BCUT2D eigenvalue weighted by Gasteiger charge is 2.29. The van der Waals surface area contributed by atoms with Gasteiger partial charge in [-0.25, -0.2) is 4.98 Å². The van der Waals surface area contributed by atoms with Crippen LogP contribution in [-0.2, 0) is 11.4 Å². The largest absolute Gasteiger partial charge is 0.486 e. The third-order valence-corrected chi connectivity index (χ3v) is 5.65. The molecule has 2 amide bonds. The van der Waals surface area contributed by atoms with Gasteiger partial charge in [0.2, 0.25) is 5.91 Å². The Hall–Kier alpha value is -2.41. The van der Waals surface area contributed by atoms with Gasteiger partial charge in [-0.15, -0.1) is 11.3 Å². The molecule has 2 atom stereocenters. The number of aromatic nitrogens is 1. The minimum absolute atomic E-state index is 0.0212. The number of hydrogen-bond donors (Lipinski definition) is 2. The van der Waals surface area contributed by atoms with Crippen molar-refractivity contribution in [3.63, 3.8) is 0 Å². The Morgan fingerprint density at radius 1 is 1.14 bits per heavy atom. The van der Waals surface area contributed by atoms with Crippen LogP contribution in [0.2, 0.25) is 0 Å². The number of nitrogens with one attached hydrogen (secondary N) is 2. The average molecular weight is 402 g/mol. The summed E-state index contributed by atoms with van der Waals surface area (Å²) in [7, 11) is 0. The van der Waals surface area contributed by atoms with E-state index in [4.69, 9.17) is 4.74 Å². The molecule has 0 bridgehead atoms. The predicted molar refractivity (Wildman–Crippen MR) is 109 cm³/mol. The van der Waals surface area contributed by atoms with Crippen molar-refractivity contribution in [2.75, 3.05) is 0 Å². The van der Waals surface area contributed by atoms with E-state index in [1.54, 1.807) is 5.38 Å². The molecule has 1 aliphatic rings. The molecule has 1 aromatic heterocycles. The number of carbonyl (C=O) groups excluding carboxylic acids is 2. The molecule has 2 unspecified atom stereocenters. The van der Waals surface area contributed by atoms with Gasteiger partial charge < -0.3 is 15.4 Å². The molecule has 6 nitrogen and oxygen atoms in total. The number of benzene rings is 1. The van der Waals surface area contributed by atoms with E-state index in [9.17, 15) is 9.59 Å². The van der Waals surface area contributed by atoms with E-state index in [-0.39, 0.29) is 29.8 Å². The van der Waals surface area contributed by atoms with Crippen LogP contribution in [0.4, 0.5) is 0 Å². The number of rotatable bonds is 7. The molecule has 0 saturated heterocycles. The number of para-hydroxylation sites is 1. The van der Waals surface area contributed by atoms with Gasteiger partial charge in [0.15, 0.2) is 0 Å². The van der Waals surface area contributed by atoms with Crippen molar-refractivity contribution < 1.29 is 14.3 Å². The van der Waals surface area contributed by atoms with Crippen LogP contribution in [0.3, 0.4) is 0 Å². The van der Waals surface area contributed by atoms with Gasteiger partial charge in [-0.2, -0.15) is 0 Å². The van der Waals surface area contributed by atoms with Crippen LogP contribution in [0.25, 0.3) is 0 Å². The number of thiazole rings is 1. The van der Waals surface area contributed by atoms with Crippen molar-refractivity contribution in [2.45, 2.75) is 58.2 Å². The fraction of sp³-hybridized carbons (Fsp3) is 0.476. The molecule has 1 heterocycles. The second-order valence-electron chi connectivity index (χ2n) is 7.36. The van der Waals surface area contributed by atoms with Crippen molar-refractivity contribution >= 4 is 23.2 Å². The fourth-order valence-corrected chi connectivity index (χ4v) is 3.90. The Labute approximate surface area is 169 Å². The van der Waals surface area contributed by atoms with E-state index in [1.807, 2.05) is 44.2 Å². The Balaban J connectivity index is 1.56. The normalized spacial score (nSPS) is 19.2. The Morgan fingerprint density at radius 2 is 1.82 bits per heavy atom. The standard InChI is InChI=1S/C21H27N3O3S/c1-14(2)20(25)23-16-10-6-7-11-17(16)24-21(26)18-13-28-19(22-18)12-27-15-8-4-3-5-9-15/h3-5,8-9,13-14,16-17H,6-7,10-12H2,1-2H3,(H,23,25)(H,24,26). The van der Waals surface area contributed by atoms with Crippen molar-refractivity contribution in [3.05, 3.63) is 46.4 Å². The monoisotopic (exact) mass is 401 g/mol. The van der Waals surface area contributed by atoms with Gasteiger partial charge >= 0.3 is 0 Å². The highest BCUT2D eigenvalue weighted by molar-refractivity contribution is 7.09. The minimum Gasteiger partial charge on any atom is -0.486 e. The molecule has 28 heavy (non-hydrogen) atoms. The van der Waals surface area contributed by atoms with Gasteiger partial charge in [0.1, 0.15) is 23.1 Å². The van der Waals surface area contributed by atoms with Crippen molar-refractivity contribution in [3.8, 4) is 5.75 Å². The molecule has 2 aromatic rings. The maximum absolute atomic E-state index is 12.6. The van der Waals surface area contributed by atoms with Crippen LogP contribution in [0.1, 0.15) is 55.0 Å². The lowest BCUT2D eigenvalue weighted by Gasteiger charge is -2.33. The van der Waals surface area contributed by atoms with Gasteiger partial charge in [-0.3, -0.25) is 9.59 Å². The van der Waals surface area contributed by atoms with E-state index in [0.717, 1.165) is 36.4 Å². The first-order valence-corrected chi connectivity index (χ1v) is 10.6. The van der Waals surface area contributed by atoms with Gasteiger partial charge in [-0.05, 0) is 25.0 Å². The van der Waals surface area contributed by atoms with Crippen molar-refractivity contribution in [1.82, 2.24) is 15.6 Å². The lowest BCUT2D eigenvalue weighted by Crippen LogP contribution is -2.53. The molecule has 150 valence electrons. The third-order valence-electron chi connectivity index (χ3n) is 4.82. The molecule has 7 heteroatoms. The summed E-state index contributed by atoms with van der Waals surface area (Å²) in [5.74, 6) is 0.539. The lowest BCUT2D eigenvalue weighted by molar-refractivity contribution is -0.125. The summed E-state index contributed by atoms with van der Waals surface area (Å²) in [6, 6.07) is 9.44.